The standard InChI is InChI=1S/C15H24N2O/c1-3-14-9-13(11-18)10-15(16-14)17-7-4-5-12(2)6-8-17/h9-10,12,18H,3-8,11H2,1-2H3. The third-order valence-electron chi connectivity index (χ3n) is 3.81. The van der Waals surface area contributed by atoms with Crippen molar-refractivity contribution in [3.8, 4) is 0 Å². The highest BCUT2D eigenvalue weighted by atomic mass is 16.3. The number of aryl methyl sites for hydroxylation is 1. The van der Waals surface area contributed by atoms with Crippen LogP contribution in [-0.2, 0) is 13.0 Å². The van der Waals surface area contributed by atoms with Crippen LogP contribution in [0.1, 0.15) is 44.4 Å². The van der Waals surface area contributed by atoms with E-state index in [1.807, 2.05) is 12.1 Å². The van der Waals surface area contributed by atoms with Crippen molar-refractivity contribution in [1.82, 2.24) is 4.98 Å². The smallest absolute Gasteiger partial charge is 0.129 e. The fourth-order valence-corrected chi connectivity index (χ4v) is 2.56. The van der Waals surface area contributed by atoms with E-state index < -0.39 is 0 Å². The van der Waals surface area contributed by atoms with Gasteiger partial charge in [0.15, 0.2) is 0 Å². The van der Waals surface area contributed by atoms with Crippen LogP contribution in [0.5, 0.6) is 0 Å². The number of aliphatic hydroxyl groups is 1. The number of aliphatic hydroxyl groups excluding tert-OH is 1. The van der Waals surface area contributed by atoms with Crippen LogP contribution in [-0.4, -0.2) is 23.2 Å². The van der Waals surface area contributed by atoms with Crippen LogP contribution >= 0.6 is 0 Å². The zero-order chi connectivity index (χ0) is 13.0. The van der Waals surface area contributed by atoms with Crippen molar-refractivity contribution in [1.29, 1.82) is 0 Å². The number of pyridine rings is 1. The molecular formula is C15H24N2O. The highest BCUT2D eigenvalue weighted by Gasteiger charge is 2.15. The summed E-state index contributed by atoms with van der Waals surface area (Å²) >= 11 is 0. The zero-order valence-electron chi connectivity index (χ0n) is 11.5. The van der Waals surface area contributed by atoms with Crippen molar-refractivity contribution in [3.63, 3.8) is 0 Å². The van der Waals surface area contributed by atoms with Crippen molar-refractivity contribution in [3.05, 3.63) is 23.4 Å². The van der Waals surface area contributed by atoms with Crippen LogP contribution in [0.3, 0.4) is 0 Å². The maximum Gasteiger partial charge on any atom is 0.129 e. The Bertz CT molecular complexity index is 370. The summed E-state index contributed by atoms with van der Waals surface area (Å²) in [5.41, 5.74) is 2.06. The van der Waals surface area contributed by atoms with Crippen LogP contribution in [0, 0.1) is 5.92 Å². The number of anilines is 1. The van der Waals surface area contributed by atoms with Gasteiger partial charge in [0.05, 0.1) is 6.61 Å². The van der Waals surface area contributed by atoms with Crippen molar-refractivity contribution >= 4 is 5.82 Å². The van der Waals surface area contributed by atoms with E-state index in [1.165, 1.54) is 19.3 Å². The molecule has 1 aromatic rings. The van der Waals surface area contributed by atoms with Gasteiger partial charge >= 0.3 is 0 Å². The van der Waals surface area contributed by atoms with Crippen LogP contribution in [0.2, 0.25) is 0 Å². The van der Waals surface area contributed by atoms with Crippen LogP contribution in [0.4, 0.5) is 5.82 Å². The molecule has 3 heteroatoms. The normalized spacial score (nSPS) is 20.8. The molecule has 1 aliphatic heterocycles. The van der Waals surface area contributed by atoms with Crippen molar-refractivity contribution in [2.45, 2.75) is 46.1 Å². The Kier molecular flexibility index (Phi) is 4.59. The van der Waals surface area contributed by atoms with Gasteiger partial charge in [-0.25, -0.2) is 4.98 Å². The van der Waals surface area contributed by atoms with Gasteiger partial charge < -0.3 is 10.0 Å². The molecule has 2 rings (SSSR count). The summed E-state index contributed by atoms with van der Waals surface area (Å²) in [5.74, 6) is 1.87. The summed E-state index contributed by atoms with van der Waals surface area (Å²) in [6.45, 7) is 6.73. The highest BCUT2D eigenvalue weighted by Crippen LogP contribution is 2.22. The predicted molar refractivity (Wildman–Crippen MR) is 74.8 cm³/mol. The lowest BCUT2D eigenvalue weighted by Crippen LogP contribution is -2.25. The lowest BCUT2D eigenvalue weighted by molar-refractivity contribution is 0.281. The van der Waals surface area contributed by atoms with Gasteiger partial charge in [-0.15, -0.1) is 0 Å². The van der Waals surface area contributed by atoms with E-state index in [2.05, 4.69) is 18.7 Å². The lowest BCUT2D eigenvalue weighted by atomic mass is 10.0. The number of aromatic nitrogens is 1. The minimum atomic E-state index is 0.104. The minimum Gasteiger partial charge on any atom is -0.392 e. The van der Waals surface area contributed by atoms with E-state index in [1.54, 1.807) is 0 Å². The Labute approximate surface area is 110 Å². The summed E-state index contributed by atoms with van der Waals surface area (Å²) in [6, 6.07) is 4.04. The van der Waals surface area contributed by atoms with Crippen molar-refractivity contribution in [2.75, 3.05) is 18.0 Å². The Morgan fingerprint density at radius 2 is 2.17 bits per heavy atom. The molecule has 0 bridgehead atoms. The molecule has 1 saturated heterocycles. The second-order valence-electron chi connectivity index (χ2n) is 5.36. The van der Waals surface area contributed by atoms with Gasteiger partial charge in [-0.05, 0) is 49.3 Å². The molecule has 1 aliphatic rings. The van der Waals surface area contributed by atoms with Crippen LogP contribution < -0.4 is 4.90 Å². The fraction of sp³-hybridized carbons (Fsp3) is 0.667. The number of nitrogens with zero attached hydrogens (tertiary/aromatic N) is 2. The summed E-state index contributed by atoms with van der Waals surface area (Å²) in [6.07, 6.45) is 4.72. The highest BCUT2D eigenvalue weighted by molar-refractivity contribution is 5.42. The maximum absolute atomic E-state index is 9.33. The molecule has 1 unspecified atom stereocenters. The van der Waals surface area contributed by atoms with E-state index in [-0.39, 0.29) is 6.61 Å². The third-order valence-corrected chi connectivity index (χ3v) is 3.81. The number of hydrogen-bond acceptors (Lipinski definition) is 3. The van der Waals surface area contributed by atoms with Gasteiger partial charge in [0.2, 0.25) is 0 Å². The molecule has 0 aliphatic carbocycles. The molecule has 0 spiro atoms. The largest absolute Gasteiger partial charge is 0.392 e. The van der Waals surface area contributed by atoms with Gasteiger partial charge in [0.25, 0.3) is 0 Å². The topological polar surface area (TPSA) is 36.4 Å². The average Bonchev–Trinajstić information content (AvgIpc) is 2.63. The zero-order valence-corrected chi connectivity index (χ0v) is 11.5. The molecule has 1 aromatic heterocycles. The predicted octanol–water partition coefficient (Wildman–Crippen LogP) is 2.76. The van der Waals surface area contributed by atoms with Gasteiger partial charge in [-0.1, -0.05) is 13.8 Å². The second-order valence-corrected chi connectivity index (χ2v) is 5.36. The summed E-state index contributed by atoms with van der Waals surface area (Å²) in [5, 5.41) is 9.33. The first-order chi connectivity index (χ1) is 8.72. The number of rotatable bonds is 3. The molecule has 0 radical (unpaired) electrons. The van der Waals surface area contributed by atoms with Crippen molar-refractivity contribution in [2.24, 2.45) is 5.92 Å². The average molecular weight is 248 g/mol. The van der Waals surface area contributed by atoms with Gasteiger partial charge in [0, 0.05) is 18.8 Å². The van der Waals surface area contributed by atoms with Gasteiger partial charge in [-0.2, -0.15) is 0 Å². The number of hydrogen-bond donors (Lipinski definition) is 1. The maximum atomic E-state index is 9.33. The Balaban J connectivity index is 2.20. The second kappa shape index (κ2) is 6.19. The molecule has 2 heterocycles. The molecule has 3 nitrogen and oxygen atoms in total. The lowest BCUT2D eigenvalue weighted by Gasteiger charge is -2.22. The molecule has 1 N–H and O–H groups in total. The van der Waals surface area contributed by atoms with Crippen LogP contribution in [0.25, 0.3) is 0 Å². The Morgan fingerprint density at radius 3 is 2.89 bits per heavy atom. The molecule has 1 fully saturated rings. The molecular weight excluding hydrogens is 224 g/mol. The molecule has 100 valence electrons. The first-order valence-electron chi connectivity index (χ1n) is 7.08. The van der Waals surface area contributed by atoms with Gasteiger partial charge in [-0.3, -0.25) is 0 Å². The molecule has 0 saturated carbocycles. The van der Waals surface area contributed by atoms with E-state index in [0.29, 0.717) is 0 Å². The van der Waals surface area contributed by atoms with Gasteiger partial charge in [0.1, 0.15) is 5.82 Å². The molecule has 18 heavy (non-hydrogen) atoms. The monoisotopic (exact) mass is 248 g/mol. The SMILES string of the molecule is CCc1cc(CO)cc(N2CCCC(C)CC2)n1. The summed E-state index contributed by atoms with van der Waals surface area (Å²) in [7, 11) is 0. The summed E-state index contributed by atoms with van der Waals surface area (Å²) in [4.78, 5) is 7.08. The quantitative estimate of drug-likeness (QED) is 0.893. The first kappa shape index (κ1) is 13.3. The van der Waals surface area contributed by atoms with E-state index in [0.717, 1.165) is 42.5 Å². The molecule has 1 atom stereocenters. The van der Waals surface area contributed by atoms with E-state index >= 15 is 0 Å². The van der Waals surface area contributed by atoms with Crippen molar-refractivity contribution < 1.29 is 5.11 Å². The fourth-order valence-electron chi connectivity index (χ4n) is 2.56. The van der Waals surface area contributed by atoms with E-state index in [4.69, 9.17) is 4.98 Å². The third kappa shape index (κ3) is 3.22. The molecule has 0 amide bonds. The summed E-state index contributed by atoms with van der Waals surface area (Å²) < 4.78 is 0. The Hall–Kier alpha value is -1.09. The molecule has 0 aromatic carbocycles. The Morgan fingerprint density at radius 1 is 1.33 bits per heavy atom. The first-order valence-corrected chi connectivity index (χ1v) is 7.08. The minimum absolute atomic E-state index is 0.104. The van der Waals surface area contributed by atoms with Crippen LogP contribution in [0.15, 0.2) is 12.1 Å². The van der Waals surface area contributed by atoms with E-state index in [9.17, 15) is 5.11 Å².